The third-order valence-corrected chi connectivity index (χ3v) is 2.59. The van der Waals surface area contributed by atoms with E-state index in [1.165, 1.54) is 11.1 Å². The van der Waals surface area contributed by atoms with Gasteiger partial charge in [0.2, 0.25) is 5.91 Å². The predicted octanol–water partition coefficient (Wildman–Crippen LogP) is 2.56. The van der Waals surface area contributed by atoms with Crippen LogP contribution in [-0.4, -0.2) is 13.0 Å². The Labute approximate surface area is 98.1 Å². The Morgan fingerprint density at radius 3 is 2.25 bits per heavy atom. The Kier molecular flexibility index (Phi) is 5.03. The van der Waals surface area contributed by atoms with E-state index >= 15 is 0 Å². The number of benzene rings is 1. The summed E-state index contributed by atoms with van der Waals surface area (Å²) >= 11 is 0. The van der Waals surface area contributed by atoms with Gasteiger partial charge >= 0.3 is 0 Å². The van der Waals surface area contributed by atoms with E-state index in [1.54, 1.807) is 7.05 Å². The number of carbonyl (C=O) groups is 1. The zero-order valence-electron chi connectivity index (χ0n) is 10.4. The fourth-order valence-electron chi connectivity index (χ4n) is 1.70. The van der Waals surface area contributed by atoms with Crippen LogP contribution in [0.3, 0.4) is 0 Å². The van der Waals surface area contributed by atoms with E-state index < -0.39 is 0 Å². The molecule has 0 aliphatic carbocycles. The van der Waals surface area contributed by atoms with Crippen molar-refractivity contribution in [2.45, 2.75) is 33.1 Å². The molecular formula is C14H21NO. The summed E-state index contributed by atoms with van der Waals surface area (Å²) in [5.74, 6) is 0.794. The molecule has 1 rings (SSSR count). The van der Waals surface area contributed by atoms with Crippen LogP contribution in [0.2, 0.25) is 0 Å². The molecule has 0 atom stereocenters. The highest BCUT2D eigenvalue weighted by Gasteiger charge is 2.01. The Balaban J connectivity index is 2.48. The summed E-state index contributed by atoms with van der Waals surface area (Å²) in [4.78, 5) is 11.1. The van der Waals surface area contributed by atoms with Crippen molar-refractivity contribution in [3.8, 4) is 0 Å². The van der Waals surface area contributed by atoms with Gasteiger partial charge in [0.1, 0.15) is 0 Å². The molecule has 0 aliphatic heterocycles. The van der Waals surface area contributed by atoms with Gasteiger partial charge in [0, 0.05) is 13.5 Å². The summed E-state index contributed by atoms with van der Waals surface area (Å²) in [6.45, 7) is 4.44. The molecule has 2 nitrogen and oxygen atoms in total. The number of hydrogen-bond acceptors (Lipinski definition) is 1. The van der Waals surface area contributed by atoms with Crippen molar-refractivity contribution in [3.63, 3.8) is 0 Å². The minimum atomic E-state index is 0.103. The van der Waals surface area contributed by atoms with Crippen molar-refractivity contribution < 1.29 is 4.79 Å². The van der Waals surface area contributed by atoms with E-state index in [2.05, 4.69) is 43.4 Å². The molecule has 0 aliphatic rings. The van der Waals surface area contributed by atoms with Gasteiger partial charge in [-0.15, -0.1) is 0 Å². The van der Waals surface area contributed by atoms with Gasteiger partial charge < -0.3 is 5.32 Å². The lowest BCUT2D eigenvalue weighted by molar-refractivity contribution is -0.120. The second-order valence-electron chi connectivity index (χ2n) is 4.59. The van der Waals surface area contributed by atoms with Crippen molar-refractivity contribution in [3.05, 3.63) is 35.4 Å². The lowest BCUT2D eigenvalue weighted by Gasteiger charge is -2.06. The topological polar surface area (TPSA) is 29.1 Å². The van der Waals surface area contributed by atoms with E-state index in [4.69, 9.17) is 0 Å². The SMILES string of the molecule is CNC(=O)CCc1ccc(CC(C)C)cc1. The van der Waals surface area contributed by atoms with Gasteiger partial charge in [-0.1, -0.05) is 38.1 Å². The molecule has 0 saturated heterocycles. The number of aryl methyl sites for hydroxylation is 1. The Morgan fingerprint density at radius 1 is 1.19 bits per heavy atom. The van der Waals surface area contributed by atoms with Gasteiger partial charge in [0.25, 0.3) is 0 Å². The second kappa shape index (κ2) is 6.31. The summed E-state index contributed by atoms with van der Waals surface area (Å²) < 4.78 is 0. The van der Waals surface area contributed by atoms with Crippen LogP contribution in [0, 0.1) is 5.92 Å². The monoisotopic (exact) mass is 219 g/mol. The first kappa shape index (κ1) is 12.8. The average Bonchev–Trinajstić information content (AvgIpc) is 2.27. The predicted molar refractivity (Wildman–Crippen MR) is 67.4 cm³/mol. The van der Waals surface area contributed by atoms with Crippen LogP contribution in [0.4, 0.5) is 0 Å². The minimum absolute atomic E-state index is 0.103. The zero-order valence-corrected chi connectivity index (χ0v) is 10.4. The third kappa shape index (κ3) is 4.47. The molecule has 1 amide bonds. The van der Waals surface area contributed by atoms with E-state index in [0.29, 0.717) is 12.3 Å². The number of amides is 1. The summed E-state index contributed by atoms with van der Waals surface area (Å²) in [6.07, 6.45) is 2.51. The van der Waals surface area contributed by atoms with E-state index in [-0.39, 0.29) is 5.91 Å². The van der Waals surface area contributed by atoms with Gasteiger partial charge in [-0.25, -0.2) is 0 Å². The molecule has 0 bridgehead atoms. The molecule has 1 N–H and O–H groups in total. The molecule has 1 aromatic rings. The van der Waals surface area contributed by atoms with Crippen molar-refractivity contribution in [2.24, 2.45) is 5.92 Å². The Hall–Kier alpha value is -1.31. The zero-order chi connectivity index (χ0) is 12.0. The van der Waals surface area contributed by atoms with Crippen molar-refractivity contribution in [2.75, 3.05) is 7.05 Å². The standard InChI is InChI=1S/C14H21NO/c1-11(2)10-13-6-4-12(5-7-13)8-9-14(16)15-3/h4-7,11H,8-10H2,1-3H3,(H,15,16). The second-order valence-corrected chi connectivity index (χ2v) is 4.59. The smallest absolute Gasteiger partial charge is 0.220 e. The van der Waals surface area contributed by atoms with Crippen molar-refractivity contribution in [1.82, 2.24) is 5.32 Å². The maximum Gasteiger partial charge on any atom is 0.220 e. The summed E-state index contributed by atoms with van der Waals surface area (Å²) in [6, 6.07) is 8.58. The van der Waals surface area contributed by atoms with Crippen LogP contribution in [-0.2, 0) is 17.6 Å². The Morgan fingerprint density at radius 2 is 1.75 bits per heavy atom. The number of nitrogens with one attached hydrogen (secondary N) is 1. The fourth-order valence-corrected chi connectivity index (χ4v) is 1.70. The fraction of sp³-hybridized carbons (Fsp3) is 0.500. The molecule has 16 heavy (non-hydrogen) atoms. The van der Waals surface area contributed by atoms with Gasteiger partial charge in [0.15, 0.2) is 0 Å². The maximum atomic E-state index is 11.1. The minimum Gasteiger partial charge on any atom is -0.359 e. The van der Waals surface area contributed by atoms with Gasteiger partial charge in [-0.3, -0.25) is 4.79 Å². The molecular weight excluding hydrogens is 198 g/mol. The van der Waals surface area contributed by atoms with Gasteiger partial charge in [-0.2, -0.15) is 0 Å². The molecule has 0 aromatic heterocycles. The van der Waals surface area contributed by atoms with Gasteiger partial charge in [0.05, 0.1) is 0 Å². The van der Waals surface area contributed by atoms with E-state index in [0.717, 1.165) is 12.8 Å². The first-order valence-electron chi connectivity index (χ1n) is 5.90. The van der Waals surface area contributed by atoms with Gasteiger partial charge in [-0.05, 0) is 29.9 Å². The van der Waals surface area contributed by atoms with E-state index in [1.807, 2.05) is 0 Å². The first-order valence-corrected chi connectivity index (χ1v) is 5.90. The molecule has 2 heteroatoms. The normalized spacial score (nSPS) is 10.5. The summed E-state index contributed by atoms with van der Waals surface area (Å²) in [5, 5.41) is 2.63. The van der Waals surface area contributed by atoms with Crippen LogP contribution >= 0.6 is 0 Å². The highest BCUT2D eigenvalue weighted by molar-refractivity contribution is 5.75. The molecule has 0 saturated carbocycles. The van der Waals surface area contributed by atoms with Crippen LogP contribution in [0.25, 0.3) is 0 Å². The number of hydrogen-bond donors (Lipinski definition) is 1. The third-order valence-electron chi connectivity index (χ3n) is 2.59. The quantitative estimate of drug-likeness (QED) is 0.810. The molecule has 0 heterocycles. The van der Waals surface area contributed by atoms with Crippen LogP contribution < -0.4 is 5.32 Å². The highest BCUT2D eigenvalue weighted by Crippen LogP contribution is 2.10. The maximum absolute atomic E-state index is 11.1. The molecule has 1 aromatic carbocycles. The summed E-state index contributed by atoms with van der Waals surface area (Å²) in [5.41, 5.74) is 2.61. The van der Waals surface area contributed by atoms with Crippen molar-refractivity contribution in [1.29, 1.82) is 0 Å². The highest BCUT2D eigenvalue weighted by atomic mass is 16.1. The lowest BCUT2D eigenvalue weighted by atomic mass is 10.0. The number of rotatable bonds is 5. The molecule has 0 unspecified atom stereocenters. The largest absolute Gasteiger partial charge is 0.359 e. The number of carbonyl (C=O) groups excluding carboxylic acids is 1. The lowest BCUT2D eigenvalue weighted by Crippen LogP contribution is -2.17. The average molecular weight is 219 g/mol. The van der Waals surface area contributed by atoms with E-state index in [9.17, 15) is 4.79 Å². The first-order chi connectivity index (χ1) is 7.61. The molecule has 0 fully saturated rings. The van der Waals surface area contributed by atoms with Crippen LogP contribution in [0.1, 0.15) is 31.4 Å². The summed E-state index contributed by atoms with van der Waals surface area (Å²) in [7, 11) is 1.67. The van der Waals surface area contributed by atoms with Crippen molar-refractivity contribution >= 4 is 5.91 Å². The van der Waals surface area contributed by atoms with Crippen LogP contribution in [0.15, 0.2) is 24.3 Å². The van der Waals surface area contributed by atoms with Crippen LogP contribution in [0.5, 0.6) is 0 Å². The molecule has 0 spiro atoms. The Bertz CT molecular complexity index is 327. The molecule has 88 valence electrons. The molecule has 0 radical (unpaired) electrons.